The molecule has 0 aliphatic heterocycles. The maximum Gasteiger partial charge on any atom is 0.228 e. The molecule has 0 bridgehead atoms. The number of methoxy groups -OCH3 is 1. The van der Waals surface area contributed by atoms with Crippen LogP contribution >= 0.6 is 0 Å². The van der Waals surface area contributed by atoms with Crippen LogP contribution in [0.3, 0.4) is 0 Å². The van der Waals surface area contributed by atoms with Crippen molar-refractivity contribution in [2.24, 2.45) is 22.8 Å². The van der Waals surface area contributed by atoms with Gasteiger partial charge in [-0.15, -0.1) is 0 Å². The van der Waals surface area contributed by atoms with E-state index < -0.39 is 0 Å². The first-order valence-electron chi connectivity index (χ1n) is 12.9. The third-order valence-electron chi connectivity index (χ3n) is 5.87. The first-order chi connectivity index (χ1) is 17.8. The summed E-state index contributed by atoms with van der Waals surface area (Å²) in [6.07, 6.45) is -0.318. The lowest BCUT2D eigenvalue weighted by molar-refractivity contribution is -0.126. The molecule has 2 rings (SSSR count). The molecular weight excluding hydrogens is 470 g/mol. The number of carbonyl (C=O) groups is 1. The number of hydrazine groups is 1. The van der Waals surface area contributed by atoms with Crippen LogP contribution in [0.5, 0.6) is 0 Å². The number of pyridine rings is 1. The molecule has 1 aromatic carbocycles. The SMILES string of the molecule is CC.CCOC(C(C)OC)C(C)C(C)C(=O)Nc1cccc(CO/N=C(\CN(C)N)c2ccccc2)n1. The molecule has 9 nitrogen and oxygen atoms in total. The number of benzene rings is 1. The van der Waals surface area contributed by atoms with Gasteiger partial charge in [-0.3, -0.25) is 10.6 Å². The molecule has 9 heteroatoms. The van der Waals surface area contributed by atoms with E-state index >= 15 is 0 Å². The summed E-state index contributed by atoms with van der Waals surface area (Å²) in [5, 5.41) is 8.72. The second-order valence-electron chi connectivity index (χ2n) is 8.60. The molecule has 0 spiro atoms. The fourth-order valence-corrected chi connectivity index (χ4v) is 3.65. The van der Waals surface area contributed by atoms with E-state index in [1.165, 1.54) is 5.01 Å². The number of likely N-dealkylation sites (N-methyl/N-ethyl adjacent to an activating group) is 1. The minimum absolute atomic E-state index is 0.0529. The largest absolute Gasteiger partial charge is 0.389 e. The van der Waals surface area contributed by atoms with E-state index in [-0.39, 0.29) is 36.6 Å². The highest BCUT2D eigenvalue weighted by Gasteiger charge is 2.32. The molecule has 4 unspecified atom stereocenters. The zero-order valence-corrected chi connectivity index (χ0v) is 23.6. The van der Waals surface area contributed by atoms with Crippen molar-refractivity contribution < 1.29 is 19.1 Å². The van der Waals surface area contributed by atoms with Crippen LogP contribution in [-0.4, -0.2) is 61.1 Å². The van der Waals surface area contributed by atoms with Crippen molar-refractivity contribution in [2.75, 3.05) is 32.6 Å². The number of amides is 1. The molecule has 206 valence electrons. The third-order valence-corrected chi connectivity index (χ3v) is 5.87. The Bertz CT molecular complexity index is 939. The molecule has 1 heterocycles. The lowest BCUT2D eigenvalue weighted by Crippen LogP contribution is -2.40. The van der Waals surface area contributed by atoms with E-state index in [1.54, 1.807) is 20.2 Å². The zero-order chi connectivity index (χ0) is 27.8. The number of hydrogen-bond donors (Lipinski definition) is 2. The van der Waals surface area contributed by atoms with Gasteiger partial charge in [-0.2, -0.15) is 0 Å². The van der Waals surface area contributed by atoms with Crippen LogP contribution in [0.4, 0.5) is 5.82 Å². The Labute approximate surface area is 222 Å². The summed E-state index contributed by atoms with van der Waals surface area (Å²) < 4.78 is 11.3. The van der Waals surface area contributed by atoms with E-state index in [4.69, 9.17) is 20.2 Å². The van der Waals surface area contributed by atoms with E-state index in [0.717, 1.165) is 5.56 Å². The van der Waals surface area contributed by atoms with E-state index in [0.29, 0.717) is 30.4 Å². The van der Waals surface area contributed by atoms with Gasteiger partial charge < -0.3 is 19.6 Å². The Morgan fingerprint density at radius 2 is 1.78 bits per heavy atom. The number of anilines is 1. The third kappa shape index (κ3) is 11.0. The maximum atomic E-state index is 12.9. The van der Waals surface area contributed by atoms with Gasteiger partial charge in [-0.05, 0) is 31.9 Å². The molecule has 0 fully saturated rings. The summed E-state index contributed by atoms with van der Waals surface area (Å²) >= 11 is 0. The van der Waals surface area contributed by atoms with Gasteiger partial charge in [0.05, 0.1) is 24.4 Å². The van der Waals surface area contributed by atoms with Crippen LogP contribution in [-0.2, 0) is 25.7 Å². The molecule has 0 aliphatic rings. The Morgan fingerprint density at radius 3 is 2.38 bits per heavy atom. The number of oxime groups is 1. The predicted molar refractivity (Wildman–Crippen MR) is 149 cm³/mol. The normalized spacial score (nSPS) is 14.7. The zero-order valence-electron chi connectivity index (χ0n) is 23.6. The average Bonchev–Trinajstić information content (AvgIpc) is 2.91. The van der Waals surface area contributed by atoms with E-state index in [1.807, 2.05) is 84.0 Å². The minimum Gasteiger partial charge on any atom is -0.389 e. The monoisotopic (exact) mass is 515 g/mol. The Morgan fingerprint density at radius 1 is 1.11 bits per heavy atom. The first-order valence-corrected chi connectivity index (χ1v) is 12.9. The molecule has 37 heavy (non-hydrogen) atoms. The van der Waals surface area contributed by atoms with Crippen LogP contribution in [0, 0.1) is 11.8 Å². The Hall–Kier alpha value is -2.85. The molecule has 4 atom stereocenters. The standard InChI is InChI=1S/C26H39N5O4.C2H6/c1-7-34-25(20(4)33-6)18(2)19(3)26(32)29-24-15-11-14-22(28-24)17-35-30-23(16-31(5)27)21-12-9-8-10-13-21;1-2/h8-15,18-20,25H,7,16-17,27H2,1-6H3,(H,28,29,32);1-2H3/b30-23+;. The Balaban J connectivity index is 0.00000334. The second kappa shape index (κ2) is 17.6. The number of nitrogens with two attached hydrogens (primary N) is 1. The van der Waals surface area contributed by atoms with Crippen molar-refractivity contribution in [1.82, 2.24) is 9.99 Å². The van der Waals surface area contributed by atoms with Gasteiger partial charge in [0.2, 0.25) is 5.91 Å². The first kappa shape index (κ1) is 32.2. The summed E-state index contributed by atoms with van der Waals surface area (Å²) in [4.78, 5) is 23.0. The fraction of sp³-hybridized carbons (Fsp3) is 0.536. The topological polar surface area (TPSA) is 111 Å². The van der Waals surface area contributed by atoms with Gasteiger partial charge in [-0.25, -0.2) is 9.99 Å². The highest BCUT2D eigenvalue weighted by atomic mass is 16.6. The van der Waals surface area contributed by atoms with Gasteiger partial charge in [0.15, 0.2) is 6.61 Å². The van der Waals surface area contributed by atoms with Crippen LogP contribution < -0.4 is 11.2 Å². The van der Waals surface area contributed by atoms with Crippen molar-refractivity contribution in [3.8, 4) is 0 Å². The van der Waals surface area contributed by atoms with Crippen LogP contribution in [0.25, 0.3) is 0 Å². The van der Waals surface area contributed by atoms with Crippen LogP contribution in [0.1, 0.15) is 52.8 Å². The van der Waals surface area contributed by atoms with Crippen molar-refractivity contribution in [3.05, 3.63) is 59.8 Å². The molecular formula is C28H45N5O4. The lowest BCUT2D eigenvalue weighted by Gasteiger charge is -2.31. The fourth-order valence-electron chi connectivity index (χ4n) is 3.65. The van der Waals surface area contributed by atoms with E-state index in [2.05, 4.69) is 15.5 Å². The van der Waals surface area contributed by atoms with Gasteiger partial charge in [0.25, 0.3) is 0 Å². The van der Waals surface area contributed by atoms with Gasteiger partial charge in [0.1, 0.15) is 11.5 Å². The number of nitrogens with one attached hydrogen (secondary N) is 1. The van der Waals surface area contributed by atoms with Crippen molar-refractivity contribution in [1.29, 1.82) is 0 Å². The predicted octanol–water partition coefficient (Wildman–Crippen LogP) is 4.48. The summed E-state index contributed by atoms with van der Waals surface area (Å²) in [6.45, 7) is 12.9. The second-order valence-corrected chi connectivity index (χ2v) is 8.60. The van der Waals surface area contributed by atoms with Crippen molar-refractivity contribution >= 4 is 17.4 Å². The molecule has 0 aliphatic carbocycles. The molecule has 2 aromatic rings. The molecule has 1 aromatic heterocycles. The number of rotatable bonds is 14. The lowest BCUT2D eigenvalue weighted by atomic mass is 9.87. The quantitative estimate of drug-likeness (QED) is 0.217. The average molecular weight is 516 g/mol. The highest BCUT2D eigenvalue weighted by molar-refractivity contribution is 6.01. The molecule has 0 saturated heterocycles. The van der Waals surface area contributed by atoms with Gasteiger partial charge in [0, 0.05) is 32.2 Å². The van der Waals surface area contributed by atoms with Gasteiger partial charge in [-0.1, -0.05) is 69.2 Å². The molecule has 0 radical (unpaired) electrons. The molecule has 3 N–H and O–H groups in total. The van der Waals surface area contributed by atoms with Crippen molar-refractivity contribution in [2.45, 2.75) is 60.4 Å². The summed E-state index contributed by atoms with van der Waals surface area (Å²) in [7, 11) is 3.41. The van der Waals surface area contributed by atoms with Crippen LogP contribution in [0.15, 0.2) is 53.7 Å². The number of ether oxygens (including phenoxy) is 2. The van der Waals surface area contributed by atoms with Gasteiger partial charge >= 0.3 is 0 Å². The smallest absolute Gasteiger partial charge is 0.228 e. The summed E-state index contributed by atoms with van der Waals surface area (Å²) in [5.41, 5.74) is 2.27. The molecule has 1 amide bonds. The molecule has 0 saturated carbocycles. The number of hydrogen-bond acceptors (Lipinski definition) is 8. The summed E-state index contributed by atoms with van der Waals surface area (Å²) in [5.74, 6) is 5.78. The van der Waals surface area contributed by atoms with Crippen LogP contribution in [0.2, 0.25) is 0 Å². The number of aromatic nitrogens is 1. The number of carbonyl (C=O) groups excluding carboxylic acids is 1. The highest BCUT2D eigenvalue weighted by Crippen LogP contribution is 2.23. The van der Waals surface area contributed by atoms with E-state index in [9.17, 15) is 4.79 Å². The number of nitrogens with zero attached hydrogens (tertiary/aromatic N) is 3. The maximum absolute atomic E-state index is 12.9. The van der Waals surface area contributed by atoms with Crippen molar-refractivity contribution in [3.63, 3.8) is 0 Å². The Kier molecular flexibility index (Phi) is 15.3. The minimum atomic E-state index is -0.308. The summed E-state index contributed by atoms with van der Waals surface area (Å²) in [6, 6.07) is 15.1.